The molecule has 5 heteroatoms. The van der Waals surface area contributed by atoms with Gasteiger partial charge in [-0.05, 0) is 25.2 Å². The maximum absolute atomic E-state index is 13.5. The van der Waals surface area contributed by atoms with E-state index in [0.29, 0.717) is 0 Å². The van der Waals surface area contributed by atoms with Crippen molar-refractivity contribution >= 4 is 19.7 Å². The Morgan fingerprint density at radius 3 is 2.36 bits per heavy atom. The van der Waals surface area contributed by atoms with Crippen LogP contribution in [-0.2, 0) is 9.05 Å². The summed E-state index contributed by atoms with van der Waals surface area (Å²) in [4.78, 5) is 0. The summed E-state index contributed by atoms with van der Waals surface area (Å²) in [5, 5.41) is 0. The van der Waals surface area contributed by atoms with E-state index in [4.69, 9.17) is 10.7 Å². The quantitative estimate of drug-likeness (QED) is 0.711. The van der Waals surface area contributed by atoms with E-state index >= 15 is 0 Å². The fourth-order valence-corrected chi connectivity index (χ4v) is 2.76. The van der Waals surface area contributed by atoms with Crippen molar-refractivity contribution in [2.24, 2.45) is 5.92 Å². The molecular weight excluding hydrogens is 227 g/mol. The third-order valence-corrected chi connectivity index (χ3v) is 3.99. The smallest absolute Gasteiger partial charge is 0.232 e. The van der Waals surface area contributed by atoms with E-state index in [0.717, 1.165) is 25.7 Å². The van der Waals surface area contributed by atoms with Crippen LogP contribution < -0.4 is 0 Å². The van der Waals surface area contributed by atoms with Crippen molar-refractivity contribution in [3.05, 3.63) is 0 Å². The van der Waals surface area contributed by atoms with E-state index < -0.39 is 15.2 Å². The molecule has 1 saturated carbocycles. The standard InChI is InChI=1S/C9H16ClFO2S/c10-14(12,13)7-6-9(11)8-4-2-1-3-5-8/h8-9H,1-7H2. The van der Waals surface area contributed by atoms with Crippen molar-refractivity contribution < 1.29 is 12.8 Å². The maximum Gasteiger partial charge on any atom is 0.232 e. The maximum atomic E-state index is 13.5. The van der Waals surface area contributed by atoms with E-state index in [1.807, 2.05) is 0 Å². The van der Waals surface area contributed by atoms with Gasteiger partial charge in [0.1, 0.15) is 6.17 Å². The Kier molecular flexibility index (Phi) is 4.64. The second kappa shape index (κ2) is 5.31. The summed E-state index contributed by atoms with van der Waals surface area (Å²) in [5.41, 5.74) is 0. The summed E-state index contributed by atoms with van der Waals surface area (Å²) >= 11 is 0. The minimum Gasteiger partial charge on any atom is -0.247 e. The topological polar surface area (TPSA) is 34.1 Å². The lowest BCUT2D eigenvalue weighted by atomic mass is 9.85. The van der Waals surface area contributed by atoms with Crippen LogP contribution in [0.1, 0.15) is 38.5 Å². The van der Waals surface area contributed by atoms with Gasteiger partial charge in [0.25, 0.3) is 0 Å². The largest absolute Gasteiger partial charge is 0.247 e. The third kappa shape index (κ3) is 4.60. The molecule has 0 spiro atoms. The molecule has 1 aliphatic carbocycles. The molecule has 0 aromatic rings. The molecule has 1 fully saturated rings. The van der Waals surface area contributed by atoms with Gasteiger partial charge in [0.2, 0.25) is 9.05 Å². The first-order chi connectivity index (χ1) is 6.49. The third-order valence-electron chi connectivity index (χ3n) is 2.80. The fourth-order valence-electron chi connectivity index (χ4n) is 1.98. The molecule has 0 aromatic heterocycles. The van der Waals surface area contributed by atoms with Crippen LogP contribution in [0.5, 0.6) is 0 Å². The Hall–Kier alpha value is 0.170. The second-order valence-corrected chi connectivity index (χ2v) is 6.84. The van der Waals surface area contributed by atoms with E-state index in [-0.39, 0.29) is 18.1 Å². The Balaban J connectivity index is 2.30. The van der Waals surface area contributed by atoms with E-state index in [1.165, 1.54) is 6.42 Å². The van der Waals surface area contributed by atoms with Gasteiger partial charge < -0.3 is 0 Å². The number of rotatable bonds is 4. The molecule has 1 aliphatic rings. The molecule has 0 N–H and O–H groups in total. The van der Waals surface area contributed by atoms with Crippen molar-refractivity contribution in [2.45, 2.75) is 44.7 Å². The van der Waals surface area contributed by atoms with Gasteiger partial charge in [-0.2, -0.15) is 0 Å². The van der Waals surface area contributed by atoms with Crippen LogP contribution in [0.2, 0.25) is 0 Å². The Morgan fingerprint density at radius 1 is 1.29 bits per heavy atom. The predicted molar refractivity (Wildman–Crippen MR) is 55.7 cm³/mol. The number of hydrogen-bond acceptors (Lipinski definition) is 2. The molecule has 0 heterocycles. The summed E-state index contributed by atoms with van der Waals surface area (Å²) < 4.78 is 34.7. The lowest BCUT2D eigenvalue weighted by molar-refractivity contribution is 0.177. The van der Waals surface area contributed by atoms with Gasteiger partial charge in [0.15, 0.2) is 0 Å². The van der Waals surface area contributed by atoms with E-state index in [2.05, 4.69) is 0 Å². The van der Waals surface area contributed by atoms with Crippen LogP contribution in [0.3, 0.4) is 0 Å². The molecule has 1 unspecified atom stereocenters. The van der Waals surface area contributed by atoms with Gasteiger partial charge in [-0.25, -0.2) is 12.8 Å². The lowest BCUT2D eigenvalue weighted by Crippen LogP contribution is -2.21. The van der Waals surface area contributed by atoms with E-state index in [9.17, 15) is 12.8 Å². The zero-order chi connectivity index (χ0) is 10.6. The van der Waals surface area contributed by atoms with Crippen molar-refractivity contribution in [3.8, 4) is 0 Å². The van der Waals surface area contributed by atoms with Crippen LogP contribution in [0.25, 0.3) is 0 Å². The minimum atomic E-state index is -3.53. The van der Waals surface area contributed by atoms with Crippen molar-refractivity contribution in [2.75, 3.05) is 5.75 Å². The summed E-state index contributed by atoms with van der Waals surface area (Å²) in [6, 6.07) is 0. The zero-order valence-corrected chi connectivity index (χ0v) is 9.66. The molecule has 0 bridgehead atoms. The summed E-state index contributed by atoms with van der Waals surface area (Å²) in [7, 11) is 1.50. The number of alkyl halides is 1. The fraction of sp³-hybridized carbons (Fsp3) is 1.00. The van der Waals surface area contributed by atoms with Crippen LogP contribution in [0.15, 0.2) is 0 Å². The molecule has 1 atom stereocenters. The molecular formula is C9H16ClFO2S. The molecule has 0 aliphatic heterocycles. The normalized spacial score (nSPS) is 22.1. The summed E-state index contributed by atoms with van der Waals surface area (Å²) in [6.45, 7) is 0. The molecule has 14 heavy (non-hydrogen) atoms. The molecule has 84 valence electrons. The van der Waals surface area contributed by atoms with Crippen molar-refractivity contribution in [1.29, 1.82) is 0 Å². The molecule has 2 nitrogen and oxygen atoms in total. The van der Waals surface area contributed by atoms with Gasteiger partial charge in [0, 0.05) is 10.7 Å². The van der Waals surface area contributed by atoms with E-state index in [1.54, 1.807) is 0 Å². The van der Waals surface area contributed by atoms with Gasteiger partial charge in [-0.15, -0.1) is 0 Å². The Morgan fingerprint density at radius 2 is 1.86 bits per heavy atom. The van der Waals surface area contributed by atoms with Gasteiger partial charge in [-0.3, -0.25) is 0 Å². The first-order valence-electron chi connectivity index (χ1n) is 5.05. The molecule has 0 amide bonds. The van der Waals surface area contributed by atoms with Gasteiger partial charge in [-0.1, -0.05) is 19.3 Å². The van der Waals surface area contributed by atoms with Crippen LogP contribution in [-0.4, -0.2) is 20.3 Å². The van der Waals surface area contributed by atoms with Gasteiger partial charge >= 0.3 is 0 Å². The first kappa shape index (κ1) is 12.2. The Labute approximate surface area is 89.3 Å². The minimum absolute atomic E-state index is 0.0521. The monoisotopic (exact) mass is 242 g/mol. The molecule has 1 rings (SSSR count). The number of halogens is 2. The average Bonchev–Trinajstić information content (AvgIpc) is 2.14. The first-order valence-corrected chi connectivity index (χ1v) is 7.53. The average molecular weight is 243 g/mol. The Bertz CT molecular complexity index is 260. The highest BCUT2D eigenvalue weighted by Gasteiger charge is 2.24. The second-order valence-electron chi connectivity index (χ2n) is 3.95. The van der Waals surface area contributed by atoms with Crippen molar-refractivity contribution in [1.82, 2.24) is 0 Å². The van der Waals surface area contributed by atoms with Crippen LogP contribution in [0.4, 0.5) is 4.39 Å². The summed E-state index contributed by atoms with van der Waals surface area (Å²) in [6.07, 6.45) is 4.15. The molecule has 0 aromatic carbocycles. The summed E-state index contributed by atoms with van der Waals surface area (Å²) in [5.74, 6) is -0.186. The zero-order valence-electron chi connectivity index (χ0n) is 8.09. The van der Waals surface area contributed by atoms with Crippen molar-refractivity contribution in [3.63, 3.8) is 0 Å². The lowest BCUT2D eigenvalue weighted by Gasteiger charge is -2.24. The number of hydrogen-bond donors (Lipinski definition) is 0. The van der Waals surface area contributed by atoms with Gasteiger partial charge in [0.05, 0.1) is 5.75 Å². The molecule has 0 radical (unpaired) electrons. The highest BCUT2D eigenvalue weighted by atomic mass is 35.7. The SMILES string of the molecule is O=S(=O)(Cl)CCC(F)C1CCCCC1. The highest BCUT2D eigenvalue weighted by Crippen LogP contribution is 2.29. The van der Waals surface area contributed by atoms with Crippen LogP contribution in [0, 0.1) is 5.92 Å². The molecule has 0 saturated heterocycles. The highest BCUT2D eigenvalue weighted by molar-refractivity contribution is 8.13. The van der Waals surface area contributed by atoms with Crippen LogP contribution >= 0.6 is 10.7 Å². The predicted octanol–water partition coefficient (Wildman–Crippen LogP) is 2.86.